The standard InChI is InChI=1S/C7H11N3O2S/c1-5-3-6(8)4-7(9-5)10-13(2,11)12/h3-4H,1-2H3,(H3,8,9,10). The largest absolute Gasteiger partial charge is 0.399 e. The molecule has 0 aliphatic heterocycles. The van der Waals surface area contributed by atoms with Crippen LogP contribution in [0.15, 0.2) is 12.1 Å². The average molecular weight is 201 g/mol. The number of pyridine rings is 1. The minimum absolute atomic E-state index is 0.250. The lowest BCUT2D eigenvalue weighted by atomic mass is 10.3. The zero-order valence-corrected chi connectivity index (χ0v) is 8.22. The van der Waals surface area contributed by atoms with E-state index in [-0.39, 0.29) is 5.82 Å². The summed E-state index contributed by atoms with van der Waals surface area (Å²) in [7, 11) is -3.28. The molecule has 0 aliphatic rings. The highest BCUT2D eigenvalue weighted by Crippen LogP contribution is 2.12. The molecule has 1 aromatic rings. The summed E-state index contributed by atoms with van der Waals surface area (Å²) in [4.78, 5) is 3.95. The molecule has 0 aromatic carbocycles. The second kappa shape index (κ2) is 3.21. The van der Waals surface area contributed by atoms with Gasteiger partial charge in [-0.25, -0.2) is 13.4 Å². The first-order valence-corrected chi connectivity index (χ1v) is 5.48. The van der Waals surface area contributed by atoms with Crippen LogP contribution in [-0.2, 0) is 10.0 Å². The van der Waals surface area contributed by atoms with Crippen LogP contribution in [-0.4, -0.2) is 19.7 Å². The second-order valence-electron chi connectivity index (χ2n) is 2.80. The number of nitrogens with zero attached hydrogens (tertiary/aromatic N) is 1. The van der Waals surface area contributed by atoms with Crippen molar-refractivity contribution in [3.63, 3.8) is 0 Å². The Kier molecular flexibility index (Phi) is 2.42. The van der Waals surface area contributed by atoms with Gasteiger partial charge in [0.2, 0.25) is 10.0 Å². The number of hydrogen-bond acceptors (Lipinski definition) is 4. The number of aromatic nitrogens is 1. The van der Waals surface area contributed by atoms with Crippen LogP contribution in [0.1, 0.15) is 5.69 Å². The van der Waals surface area contributed by atoms with E-state index in [1.807, 2.05) is 0 Å². The van der Waals surface area contributed by atoms with E-state index in [0.717, 1.165) is 6.26 Å². The van der Waals surface area contributed by atoms with Gasteiger partial charge in [-0.3, -0.25) is 4.72 Å². The zero-order valence-electron chi connectivity index (χ0n) is 7.40. The number of nitrogens with two attached hydrogens (primary N) is 1. The van der Waals surface area contributed by atoms with E-state index in [4.69, 9.17) is 5.73 Å². The van der Waals surface area contributed by atoms with Gasteiger partial charge in [0, 0.05) is 17.4 Å². The van der Waals surface area contributed by atoms with E-state index in [1.54, 1.807) is 13.0 Å². The third kappa shape index (κ3) is 3.29. The van der Waals surface area contributed by atoms with Gasteiger partial charge < -0.3 is 5.73 Å². The van der Waals surface area contributed by atoms with Crippen molar-refractivity contribution in [2.24, 2.45) is 0 Å². The van der Waals surface area contributed by atoms with Crippen LogP contribution < -0.4 is 10.5 Å². The molecule has 1 heterocycles. The van der Waals surface area contributed by atoms with Crippen LogP contribution in [0.3, 0.4) is 0 Å². The first kappa shape index (κ1) is 9.79. The molecule has 0 aliphatic carbocycles. The Morgan fingerprint density at radius 2 is 2.08 bits per heavy atom. The SMILES string of the molecule is Cc1cc(N)cc(NS(C)(=O)=O)n1. The van der Waals surface area contributed by atoms with Gasteiger partial charge in [-0.2, -0.15) is 0 Å². The molecule has 0 spiro atoms. The number of hydrogen-bond donors (Lipinski definition) is 2. The number of nitrogens with one attached hydrogen (secondary N) is 1. The summed E-state index contributed by atoms with van der Waals surface area (Å²) < 4.78 is 23.9. The van der Waals surface area contributed by atoms with Crippen LogP contribution in [0.25, 0.3) is 0 Å². The van der Waals surface area contributed by atoms with E-state index in [2.05, 4.69) is 9.71 Å². The third-order valence-electron chi connectivity index (χ3n) is 1.27. The third-order valence-corrected chi connectivity index (χ3v) is 1.85. The molecule has 6 heteroatoms. The molecule has 0 amide bonds. The van der Waals surface area contributed by atoms with Gasteiger partial charge in [0.05, 0.1) is 6.26 Å². The molecule has 13 heavy (non-hydrogen) atoms. The Labute approximate surface area is 77.0 Å². The molecule has 0 saturated carbocycles. The minimum Gasteiger partial charge on any atom is -0.399 e. The van der Waals surface area contributed by atoms with Crippen LogP contribution in [0.5, 0.6) is 0 Å². The maximum Gasteiger partial charge on any atom is 0.230 e. The van der Waals surface area contributed by atoms with Crippen molar-refractivity contribution in [3.05, 3.63) is 17.8 Å². The van der Waals surface area contributed by atoms with Gasteiger partial charge in [0.25, 0.3) is 0 Å². The van der Waals surface area contributed by atoms with Gasteiger partial charge in [0.15, 0.2) is 0 Å². The molecule has 0 saturated heterocycles. The van der Waals surface area contributed by atoms with Crippen LogP contribution in [0.2, 0.25) is 0 Å². The van der Waals surface area contributed by atoms with Crippen molar-refractivity contribution >= 4 is 21.5 Å². The fourth-order valence-electron chi connectivity index (χ4n) is 0.938. The van der Waals surface area contributed by atoms with E-state index in [0.29, 0.717) is 11.4 Å². The number of anilines is 2. The number of nitrogen functional groups attached to an aromatic ring is 1. The van der Waals surface area contributed by atoms with E-state index >= 15 is 0 Å². The highest BCUT2D eigenvalue weighted by molar-refractivity contribution is 7.92. The summed E-state index contributed by atoms with van der Waals surface area (Å²) in [6.45, 7) is 1.74. The number of sulfonamides is 1. The smallest absolute Gasteiger partial charge is 0.230 e. The lowest BCUT2D eigenvalue weighted by Crippen LogP contribution is -2.11. The first-order valence-electron chi connectivity index (χ1n) is 3.59. The molecule has 0 unspecified atom stereocenters. The van der Waals surface area contributed by atoms with Gasteiger partial charge in [-0.1, -0.05) is 0 Å². The van der Waals surface area contributed by atoms with Crippen LogP contribution in [0.4, 0.5) is 11.5 Å². The van der Waals surface area contributed by atoms with Crippen molar-refractivity contribution in [1.29, 1.82) is 0 Å². The van der Waals surface area contributed by atoms with Gasteiger partial charge >= 0.3 is 0 Å². The molecule has 0 bridgehead atoms. The Hall–Kier alpha value is -1.30. The summed E-state index contributed by atoms with van der Waals surface area (Å²) in [5.41, 5.74) is 6.66. The Balaban J connectivity index is 3.03. The van der Waals surface area contributed by atoms with E-state index < -0.39 is 10.0 Å². The molecule has 1 aromatic heterocycles. The van der Waals surface area contributed by atoms with Gasteiger partial charge in [-0.15, -0.1) is 0 Å². The summed E-state index contributed by atoms with van der Waals surface area (Å²) in [5, 5.41) is 0. The van der Waals surface area contributed by atoms with Crippen molar-refractivity contribution in [1.82, 2.24) is 4.98 Å². The molecular weight excluding hydrogens is 190 g/mol. The molecule has 0 atom stereocenters. The normalized spacial score (nSPS) is 11.2. The molecule has 0 fully saturated rings. The average Bonchev–Trinajstić information content (AvgIpc) is 1.78. The van der Waals surface area contributed by atoms with Crippen molar-refractivity contribution in [2.75, 3.05) is 16.7 Å². The molecule has 1 rings (SSSR count). The Bertz CT molecular complexity index is 393. The first-order chi connectivity index (χ1) is 5.87. The van der Waals surface area contributed by atoms with Crippen LogP contribution >= 0.6 is 0 Å². The van der Waals surface area contributed by atoms with Crippen molar-refractivity contribution < 1.29 is 8.42 Å². The minimum atomic E-state index is -3.28. The highest BCUT2D eigenvalue weighted by atomic mass is 32.2. The van der Waals surface area contributed by atoms with Gasteiger partial charge in [0.1, 0.15) is 5.82 Å². The molecule has 5 nitrogen and oxygen atoms in total. The van der Waals surface area contributed by atoms with Crippen LogP contribution in [0, 0.1) is 6.92 Å². The van der Waals surface area contributed by atoms with E-state index in [9.17, 15) is 8.42 Å². The predicted molar refractivity (Wildman–Crippen MR) is 51.9 cm³/mol. The second-order valence-corrected chi connectivity index (χ2v) is 4.55. The fraction of sp³-hybridized carbons (Fsp3) is 0.286. The number of aryl methyl sites for hydroxylation is 1. The maximum absolute atomic E-state index is 10.8. The van der Waals surface area contributed by atoms with Gasteiger partial charge in [-0.05, 0) is 13.0 Å². The lowest BCUT2D eigenvalue weighted by molar-refractivity contribution is 0.606. The lowest BCUT2D eigenvalue weighted by Gasteiger charge is -2.04. The molecule has 3 N–H and O–H groups in total. The predicted octanol–water partition coefficient (Wildman–Crippen LogP) is 0.344. The maximum atomic E-state index is 10.8. The zero-order chi connectivity index (χ0) is 10.1. The summed E-state index contributed by atoms with van der Waals surface area (Å²) >= 11 is 0. The van der Waals surface area contributed by atoms with Crippen molar-refractivity contribution in [2.45, 2.75) is 6.92 Å². The number of rotatable bonds is 2. The fourth-order valence-corrected chi connectivity index (χ4v) is 1.42. The Morgan fingerprint density at radius 1 is 1.46 bits per heavy atom. The summed E-state index contributed by atoms with van der Waals surface area (Å²) in [6.07, 6.45) is 1.06. The molecule has 0 radical (unpaired) electrons. The quantitative estimate of drug-likeness (QED) is 0.722. The monoisotopic (exact) mass is 201 g/mol. The van der Waals surface area contributed by atoms with Crippen molar-refractivity contribution in [3.8, 4) is 0 Å². The Morgan fingerprint density at radius 3 is 2.54 bits per heavy atom. The van der Waals surface area contributed by atoms with E-state index in [1.165, 1.54) is 6.07 Å². The summed E-state index contributed by atoms with van der Waals surface area (Å²) in [6, 6.07) is 3.13. The summed E-state index contributed by atoms with van der Waals surface area (Å²) in [5.74, 6) is 0.250. The molecule has 72 valence electrons. The molecular formula is C7H11N3O2S. The highest BCUT2D eigenvalue weighted by Gasteiger charge is 2.03. The topological polar surface area (TPSA) is 85.1 Å².